The molecule has 0 amide bonds. The lowest BCUT2D eigenvalue weighted by atomic mass is 9.96. The zero-order chi connectivity index (χ0) is 11.1. The topological polar surface area (TPSA) is 26.0 Å². The largest absolute Gasteiger partial charge is 0.399 e. The van der Waals surface area contributed by atoms with Gasteiger partial charge in [-0.1, -0.05) is 24.3 Å². The minimum Gasteiger partial charge on any atom is -0.399 e. The molecule has 0 bridgehead atoms. The summed E-state index contributed by atoms with van der Waals surface area (Å²) in [6, 6.07) is 0. The van der Waals surface area contributed by atoms with E-state index in [1.54, 1.807) is 0 Å². The van der Waals surface area contributed by atoms with E-state index in [0.29, 0.717) is 0 Å². The van der Waals surface area contributed by atoms with Crippen LogP contribution in [0.1, 0.15) is 34.6 Å². The van der Waals surface area contributed by atoms with Crippen molar-refractivity contribution in [2.75, 3.05) is 0 Å². The Morgan fingerprint density at radius 2 is 1.29 bits per heavy atom. The fraction of sp³-hybridized carbons (Fsp3) is 0.385. The third kappa shape index (κ3) is 2.91. The highest BCUT2D eigenvalue weighted by Crippen LogP contribution is 2.22. The van der Waals surface area contributed by atoms with Gasteiger partial charge in [0.25, 0.3) is 0 Å². The SMILES string of the molecule is CC=C(C)C(=CC)C(=CC)C(N)=CC. The van der Waals surface area contributed by atoms with Crippen LogP contribution < -0.4 is 5.73 Å². The van der Waals surface area contributed by atoms with E-state index >= 15 is 0 Å². The number of rotatable bonds is 3. The van der Waals surface area contributed by atoms with E-state index in [0.717, 1.165) is 11.3 Å². The van der Waals surface area contributed by atoms with Crippen molar-refractivity contribution in [2.24, 2.45) is 5.73 Å². The average Bonchev–Trinajstić information content (AvgIpc) is 2.23. The minimum atomic E-state index is 0.835. The summed E-state index contributed by atoms with van der Waals surface area (Å²) in [7, 11) is 0. The second-order valence-corrected chi connectivity index (χ2v) is 3.12. The van der Waals surface area contributed by atoms with Crippen LogP contribution in [0.5, 0.6) is 0 Å². The smallest absolute Gasteiger partial charge is 0.0346 e. The van der Waals surface area contributed by atoms with Crippen molar-refractivity contribution in [1.82, 2.24) is 0 Å². The molecule has 1 nitrogen and oxygen atoms in total. The minimum absolute atomic E-state index is 0.835. The van der Waals surface area contributed by atoms with Gasteiger partial charge in [-0.15, -0.1) is 0 Å². The lowest BCUT2D eigenvalue weighted by Crippen LogP contribution is -2.04. The zero-order valence-electron chi connectivity index (χ0n) is 9.89. The van der Waals surface area contributed by atoms with Gasteiger partial charge in [-0.2, -0.15) is 0 Å². The van der Waals surface area contributed by atoms with Crippen molar-refractivity contribution in [3.05, 3.63) is 46.7 Å². The van der Waals surface area contributed by atoms with Gasteiger partial charge in [-0.3, -0.25) is 0 Å². The van der Waals surface area contributed by atoms with Gasteiger partial charge in [0.2, 0.25) is 0 Å². The van der Waals surface area contributed by atoms with Crippen molar-refractivity contribution >= 4 is 0 Å². The molecule has 0 aromatic carbocycles. The first-order chi connectivity index (χ1) is 6.62. The summed E-state index contributed by atoms with van der Waals surface area (Å²) in [6.45, 7) is 10.1. The van der Waals surface area contributed by atoms with Crippen LogP contribution in [0.2, 0.25) is 0 Å². The van der Waals surface area contributed by atoms with Gasteiger partial charge in [0.05, 0.1) is 0 Å². The standard InChI is InChI=1S/C13H21N/c1-6-10(5)11(7-2)12(8-3)13(14)9-4/h6-9H,14H2,1-5H3. The molecule has 0 aromatic heterocycles. The third-order valence-electron chi connectivity index (χ3n) is 2.35. The maximum absolute atomic E-state index is 5.92. The fourth-order valence-corrected chi connectivity index (χ4v) is 1.38. The summed E-state index contributed by atoms with van der Waals surface area (Å²) in [5, 5.41) is 0. The van der Waals surface area contributed by atoms with Crippen LogP contribution in [0.15, 0.2) is 46.7 Å². The maximum Gasteiger partial charge on any atom is 0.0346 e. The Bertz CT molecular complexity index is 269. The van der Waals surface area contributed by atoms with Crippen LogP contribution in [-0.2, 0) is 0 Å². The molecule has 0 atom stereocenters. The lowest BCUT2D eigenvalue weighted by molar-refractivity contribution is 1.23. The van der Waals surface area contributed by atoms with E-state index in [1.807, 2.05) is 33.8 Å². The van der Waals surface area contributed by atoms with E-state index in [9.17, 15) is 0 Å². The van der Waals surface area contributed by atoms with Gasteiger partial charge >= 0.3 is 0 Å². The Hall–Kier alpha value is -1.24. The predicted octanol–water partition coefficient (Wildman–Crippen LogP) is 3.71. The summed E-state index contributed by atoms with van der Waals surface area (Å²) in [5.41, 5.74) is 10.3. The van der Waals surface area contributed by atoms with Crippen molar-refractivity contribution in [1.29, 1.82) is 0 Å². The summed E-state index contributed by atoms with van der Waals surface area (Å²) in [4.78, 5) is 0. The second kappa shape index (κ2) is 6.25. The Morgan fingerprint density at radius 1 is 0.786 bits per heavy atom. The van der Waals surface area contributed by atoms with Crippen LogP contribution in [0.25, 0.3) is 0 Å². The average molecular weight is 191 g/mol. The van der Waals surface area contributed by atoms with Crippen molar-refractivity contribution < 1.29 is 0 Å². The summed E-state index contributed by atoms with van der Waals surface area (Å²) in [5.74, 6) is 0. The van der Waals surface area contributed by atoms with Crippen molar-refractivity contribution in [2.45, 2.75) is 34.6 Å². The van der Waals surface area contributed by atoms with E-state index in [-0.39, 0.29) is 0 Å². The second-order valence-electron chi connectivity index (χ2n) is 3.12. The molecule has 0 rings (SSSR count). The zero-order valence-corrected chi connectivity index (χ0v) is 9.89. The normalized spacial score (nSPS) is 16.1. The van der Waals surface area contributed by atoms with Crippen LogP contribution in [0.3, 0.4) is 0 Å². The molecule has 0 radical (unpaired) electrons. The van der Waals surface area contributed by atoms with E-state index in [4.69, 9.17) is 5.73 Å². The Morgan fingerprint density at radius 3 is 1.57 bits per heavy atom. The molecule has 0 fully saturated rings. The quantitative estimate of drug-likeness (QED) is 0.676. The highest BCUT2D eigenvalue weighted by Gasteiger charge is 2.06. The van der Waals surface area contributed by atoms with Gasteiger partial charge in [-0.05, 0) is 51.3 Å². The molecule has 0 aromatic rings. The Kier molecular flexibility index (Phi) is 5.70. The molecule has 0 saturated heterocycles. The first-order valence-corrected chi connectivity index (χ1v) is 5.00. The van der Waals surface area contributed by atoms with Crippen LogP contribution >= 0.6 is 0 Å². The van der Waals surface area contributed by atoms with Gasteiger partial charge in [0.1, 0.15) is 0 Å². The van der Waals surface area contributed by atoms with Crippen LogP contribution in [-0.4, -0.2) is 0 Å². The van der Waals surface area contributed by atoms with E-state index in [2.05, 4.69) is 25.2 Å². The molecule has 0 unspecified atom stereocenters. The Balaban J connectivity index is 5.25. The molecule has 0 spiro atoms. The summed E-state index contributed by atoms with van der Waals surface area (Å²) in [6.07, 6.45) is 8.18. The molecule has 78 valence electrons. The summed E-state index contributed by atoms with van der Waals surface area (Å²) >= 11 is 0. The molecule has 0 aliphatic carbocycles. The first-order valence-electron chi connectivity index (χ1n) is 5.00. The molecular formula is C13H21N. The first kappa shape index (κ1) is 12.8. The van der Waals surface area contributed by atoms with Crippen LogP contribution in [0.4, 0.5) is 0 Å². The fourth-order valence-electron chi connectivity index (χ4n) is 1.38. The molecule has 1 heteroatoms. The number of hydrogen-bond donors (Lipinski definition) is 1. The number of nitrogens with two attached hydrogens (primary N) is 1. The Labute approximate surface area is 87.7 Å². The highest BCUT2D eigenvalue weighted by atomic mass is 14.6. The molecule has 0 aliphatic rings. The molecular weight excluding hydrogens is 170 g/mol. The van der Waals surface area contributed by atoms with E-state index < -0.39 is 0 Å². The lowest BCUT2D eigenvalue weighted by Gasteiger charge is -2.12. The van der Waals surface area contributed by atoms with Gasteiger partial charge in [0, 0.05) is 5.70 Å². The number of hydrogen-bond acceptors (Lipinski definition) is 1. The van der Waals surface area contributed by atoms with Gasteiger partial charge in [-0.25, -0.2) is 0 Å². The monoisotopic (exact) mass is 191 g/mol. The highest BCUT2D eigenvalue weighted by molar-refractivity contribution is 5.53. The van der Waals surface area contributed by atoms with Gasteiger partial charge < -0.3 is 5.73 Å². The van der Waals surface area contributed by atoms with Gasteiger partial charge in [0.15, 0.2) is 0 Å². The molecule has 14 heavy (non-hydrogen) atoms. The van der Waals surface area contributed by atoms with Crippen molar-refractivity contribution in [3.63, 3.8) is 0 Å². The van der Waals surface area contributed by atoms with Crippen LogP contribution in [0, 0.1) is 0 Å². The molecule has 2 N–H and O–H groups in total. The maximum atomic E-state index is 5.92. The van der Waals surface area contributed by atoms with E-state index in [1.165, 1.54) is 11.1 Å². The summed E-state index contributed by atoms with van der Waals surface area (Å²) < 4.78 is 0. The molecule has 0 saturated carbocycles. The van der Waals surface area contributed by atoms with Crippen molar-refractivity contribution in [3.8, 4) is 0 Å². The molecule has 0 aliphatic heterocycles. The predicted molar refractivity (Wildman–Crippen MR) is 64.9 cm³/mol. The number of allylic oxidation sites excluding steroid dienone is 6. The molecule has 0 heterocycles. The third-order valence-corrected chi connectivity index (χ3v) is 2.35.